The summed E-state index contributed by atoms with van der Waals surface area (Å²) in [6, 6.07) is 12.7. The van der Waals surface area contributed by atoms with Crippen LogP contribution in [0, 0.1) is 0 Å². The lowest BCUT2D eigenvalue weighted by molar-refractivity contribution is -0.130. The van der Waals surface area contributed by atoms with Gasteiger partial charge in [-0.25, -0.2) is 5.48 Å². The van der Waals surface area contributed by atoms with E-state index in [1.54, 1.807) is 24.7 Å². The summed E-state index contributed by atoms with van der Waals surface area (Å²) in [6.07, 6.45) is 2.45. The minimum absolute atomic E-state index is 0.189. The zero-order valence-electron chi connectivity index (χ0n) is 19.4. The lowest BCUT2D eigenvalue weighted by Gasteiger charge is -2.24. The number of fused-ring (bicyclic) bond motifs is 3. The molecular formula is C25H33N3O6. The topological polar surface area (TPSA) is 132 Å². The highest BCUT2D eigenvalue weighted by Gasteiger charge is 2.27. The molecule has 0 fully saturated rings. The number of carbonyl (C=O) groups is 2. The average molecular weight is 472 g/mol. The first-order chi connectivity index (χ1) is 16.5. The van der Waals surface area contributed by atoms with Gasteiger partial charge in [-0.15, -0.1) is 0 Å². The number of ether oxygens (including phenoxy) is 3. The summed E-state index contributed by atoms with van der Waals surface area (Å²) < 4.78 is 17.4. The summed E-state index contributed by atoms with van der Waals surface area (Å²) in [5.74, 6) is 0.520. The van der Waals surface area contributed by atoms with Crippen LogP contribution in [0.15, 0.2) is 42.5 Å². The standard InChI is InChI=1S/C25H33N3O6/c1-32-19-14-17-7-6-12-33-24(20(26)8-2-5-11-23(29)28-31)25(30)27-21-9-3-4-10-22(21)34-16-18(13-17)15-19/h3-4,9-10,13-15,20,24,31H,2,5-8,11-12,16,26H2,1H3,(H,27,30)(H,28,29)/t20-,24-/m1/s1. The van der Waals surface area contributed by atoms with Crippen molar-refractivity contribution >= 4 is 17.5 Å². The van der Waals surface area contributed by atoms with Crippen LogP contribution < -0.4 is 26.0 Å². The van der Waals surface area contributed by atoms with Gasteiger partial charge in [-0.2, -0.15) is 0 Å². The number of anilines is 1. The Kier molecular flexibility index (Phi) is 9.69. The predicted molar refractivity (Wildman–Crippen MR) is 127 cm³/mol. The van der Waals surface area contributed by atoms with Gasteiger partial charge in [-0.3, -0.25) is 14.8 Å². The molecule has 1 aliphatic rings. The van der Waals surface area contributed by atoms with Crippen molar-refractivity contribution in [1.82, 2.24) is 5.48 Å². The van der Waals surface area contributed by atoms with Gasteiger partial charge in [0.25, 0.3) is 5.91 Å². The molecule has 0 spiro atoms. The van der Waals surface area contributed by atoms with Crippen LogP contribution in [-0.4, -0.2) is 42.9 Å². The molecule has 1 aliphatic heterocycles. The Balaban J connectivity index is 1.76. The summed E-state index contributed by atoms with van der Waals surface area (Å²) in [7, 11) is 1.64. The van der Waals surface area contributed by atoms with Crippen LogP contribution in [-0.2, 0) is 27.4 Å². The zero-order valence-corrected chi connectivity index (χ0v) is 19.4. The SMILES string of the molecule is COc1cc2cc(c1)COc1ccccc1NC(=O)[C@@H]([C@H](N)CCCCC(=O)NO)OCCC2. The van der Waals surface area contributed by atoms with Crippen LogP contribution >= 0.6 is 0 Å². The molecular weight excluding hydrogens is 438 g/mol. The molecule has 2 aromatic carbocycles. The van der Waals surface area contributed by atoms with Crippen molar-refractivity contribution in [3.8, 4) is 11.5 Å². The molecule has 3 rings (SSSR count). The molecule has 9 nitrogen and oxygen atoms in total. The third kappa shape index (κ3) is 7.44. The monoisotopic (exact) mass is 471 g/mol. The van der Waals surface area contributed by atoms with E-state index in [2.05, 4.69) is 11.4 Å². The molecule has 184 valence electrons. The normalized spacial score (nSPS) is 17.4. The van der Waals surface area contributed by atoms with E-state index in [1.165, 1.54) is 0 Å². The Morgan fingerprint density at radius 2 is 2.06 bits per heavy atom. The van der Waals surface area contributed by atoms with Crippen LogP contribution in [0.5, 0.6) is 11.5 Å². The first-order valence-corrected chi connectivity index (χ1v) is 11.5. The predicted octanol–water partition coefficient (Wildman–Crippen LogP) is 2.94. The van der Waals surface area contributed by atoms with Crippen molar-refractivity contribution < 1.29 is 29.0 Å². The first-order valence-electron chi connectivity index (χ1n) is 11.5. The molecule has 34 heavy (non-hydrogen) atoms. The largest absolute Gasteiger partial charge is 0.497 e. The number of hydrogen-bond acceptors (Lipinski definition) is 7. The molecule has 0 radical (unpaired) electrons. The van der Waals surface area contributed by atoms with Crippen LogP contribution in [0.4, 0.5) is 5.69 Å². The first kappa shape index (κ1) is 25.5. The van der Waals surface area contributed by atoms with Crippen molar-refractivity contribution in [2.24, 2.45) is 5.73 Å². The summed E-state index contributed by atoms with van der Waals surface area (Å²) in [4.78, 5) is 24.3. The van der Waals surface area contributed by atoms with E-state index in [4.69, 9.17) is 25.2 Å². The molecule has 2 atom stereocenters. The van der Waals surface area contributed by atoms with E-state index in [9.17, 15) is 9.59 Å². The Bertz CT molecular complexity index is 967. The van der Waals surface area contributed by atoms with E-state index in [0.717, 1.165) is 23.3 Å². The molecule has 9 heteroatoms. The lowest BCUT2D eigenvalue weighted by atomic mass is 10.0. The highest BCUT2D eigenvalue weighted by atomic mass is 16.5. The Morgan fingerprint density at radius 3 is 2.85 bits per heavy atom. The fraction of sp³-hybridized carbons (Fsp3) is 0.440. The summed E-state index contributed by atoms with van der Waals surface area (Å²) in [5, 5.41) is 11.5. The van der Waals surface area contributed by atoms with Gasteiger partial charge in [-0.1, -0.05) is 24.6 Å². The van der Waals surface area contributed by atoms with Crippen LogP contribution in [0.3, 0.4) is 0 Å². The van der Waals surface area contributed by atoms with Gasteiger partial charge in [-0.05, 0) is 61.1 Å². The Morgan fingerprint density at radius 1 is 1.26 bits per heavy atom. The number of carbonyl (C=O) groups excluding carboxylic acids is 2. The maximum atomic E-state index is 13.1. The minimum Gasteiger partial charge on any atom is -0.497 e. The van der Waals surface area contributed by atoms with Crippen molar-refractivity contribution in [1.29, 1.82) is 0 Å². The third-order valence-corrected chi connectivity index (χ3v) is 5.67. The van der Waals surface area contributed by atoms with Crippen molar-refractivity contribution in [2.75, 3.05) is 19.0 Å². The molecule has 5 N–H and O–H groups in total. The van der Waals surface area contributed by atoms with E-state index in [-0.39, 0.29) is 12.3 Å². The van der Waals surface area contributed by atoms with Crippen molar-refractivity contribution in [3.05, 3.63) is 53.6 Å². The van der Waals surface area contributed by atoms with Crippen LogP contribution in [0.25, 0.3) is 0 Å². The van der Waals surface area contributed by atoms with E-state index in [0.29, 0.717) is 50.3 Å². The highest BCUT2D eigenvalue weighted by molar-refractivity contribution is 5.96. The van der Waals surface area contributed by atoms with Crippen LogP contribution in [0.2, 0.25) is 0 Å². The number of nitrogens with two attached hydrogens (primary N) is 1. The van der Waals surface area contributed by atoms with Crippen molar-refractivity contribution in [2.45, 2.75) is 57.3 Å². The molecule has 0 aromatic heterocycles. The molecule has 0 unspecified atom stereocenters. The number of para-hydroxylation sites is 2. The van der Waals surface area contributed by atoms with Crippen molar-refractivity contribution in [3.63, 3.8) is 0 Å². The number of amides is 2. The number of aryl methyl sites for hydroxylation is 1. The second-order valence-electron chi connectivity index (χ2n) is 8.30. The second kappa shape index (κ2) is 12.9. The number of hydroxylamine groups is 1. The molecule has 0 saturated heterocycles. The molecule has 2 bridgehead atoms. The zero-order chi connectivity index (χ0) is 24.3. The molecule has 0 saturated carbocycles. The number of rotatable bonds is 7. The highest BCUT2D eigenvalue weighted by Crippen LogP contribution is 2.27. The number of nitrogens with one attached hydrogen (secondary N) is 2. The second-order valence-corrected chi connectivity index (χ2v) is 8.30. The van der Waals surface area contributed by atoms with Gasteiger partial charge in [0.1, 0.15) is 18.1 Å². The molecule has 2 amide bonds. The van der Waals surface area contributed by atoms with Gasteiger partial charge in [0, 0.05) is 19.1 Å². The average Bonchev–Trinajstić information content (AvgIpc) is 2.85. The summed E-state index contributed by atoms with van der Waals surface area (Å²) in [5.41, 5.74) is 10.6. The van der Waals surface area contributed by atoms with E-state index >= 15 is 0 Å². The summed E-state index contributed by atoms with van der Waals surface area (Å²) in [6.45, 7) is 0.696. The fourth-order valence-electron chi connectivity index (χ4n) is 3.89. The fourth-order valence-corrected chi connectivity index (χ4v) is 3.89. The maximum Gasteiger partial charge on any atom is 0.255 e. The number of unbranched alkanes of at least 4 members (excludes halogenated alkanes) is 1. The third-order valence-electron chi connectivity index (χ3n) is 5.67. The Labute approximate surface area is 199 Å². The van der Waals surface area contributed by atoms with Gasteiger partial charge < -0.3 is 25.3 Å². The molecule has 2 aromatic rings. The maximum absolute atomic E-state index is 13.1. The van der Waals surface area contributed by atoms with E-state index in [1.807, 2.05) is 24.3 Å². The Hall–Kier alpha value is -3.14. The minimum atomic E-state index is -0.858. The van der Waals surface area contributed by atoms with Gasteiger partial charge >= 0.3 is 0 Å². The lowest BCUT2D eigenvalue weighted by Crippen LogP contribution is -2.45. The van der Waals surface area contributed by atoms with Crippen LogP contribution in [0.1, 0.15) is 43.2 Å². The van der Waals surface area contributed by atoms with E-state index < -0.39 is 18.1 Å². The number of methoxy groups -OCH3 is 1. The van der Waals surface area contributed by atoms with Gasteiger partial charge in [0.2, 0.25) is 5.91 Å². The molecule has 1 heterocycles. The number of benzene rings is 2. The van der Waals surface area contributed by atoms with Gasteiger partial charge in [0.15, 0.2) is 6.10 Å². The molecule has 0 aliphatic carbocycles. The quantitative estimate of drug-likeness (QED) is 0.277. The smallest absolute Gasteiger partial charge is 0.255 e. The number of hydrogen-bond donors (Lipinski definition) is 4. The van der Waals surface area contributed by atoms with Gasteiger partial charge in [0.05, 0.1) is 12.8 Å². The summed E-state index contributed by atoms with van der Waals surface area (Å²) >= 11 is 0.